The number of rotatable bonds is 6. The van der Waals surface area contributed by atoms with Gasteiger partial charge in [0.15, 0.2) is 18.1 Å². The minimum atomic E-state index is -0.470. The molecule has 1 amide bonds. The van der Waals surface area contributed by atoms with E-state index < -0.39 is 5.91 Å². The molecule has 0 aromatic heterocycles. The zero-order valence-corrected chi connectivity index (χ0v) is 18.1. The van der Waals surface area contributed by atoms with E-state index in [1.165, 1.54) is 12.3 Å². The molecule has 0 aliphatic rings. The molecule has 26 heavy (non-hydrogen) atoms. The van der Waals surface area contributed by atoms with Gasteiger partial charge in [-0.3, -0.25) is 4.79 Å². The summed E-state index contributed by atoms with van der Waals surface area (Å²) in [5.74, 6) is 0.0615. The van der Waals surface area contributed by atoms with Gasteiger partial charge in [-0.25, -0.2) is 5.43 Å². The first-order chi connectivity index (χ1) is 12.3. The van der Waals surface area contributed by atoms with E-state index in [2.05, 4.69) is 58.3 Å². The number of hydrogen-bond donors (Lipinski definition) is 3. The molecule has 0 aliphatic carbocycles. The van der Waals surface area contributed by atoms with Crippen molar-refractivity contribution in [3.8, 4) is 23.0 Å². The van der Waals surface area contributed by atoms with E-state index in [9.17, 15) is 15.0 Å². The van der Waals surface area contributed by atoms with Crippen molar-refractivity contribution in [3.05, 3.63) is 43.2 Å². The summed E-state index contributed by atoms with van der Waals surface area (Å²) in [6.45, 7) is -0.242. The second-order valence-electron chi connectivity index (χ2n) is 4.84. The lowest BCUT2D eigenvalue weighted by atomic mass is 10.2. The van der Waals surface area contributed by atoms with Crippen LogP contribution in [0.3, 0.4) is 0 Å². The number of ether oxygens (including phenoxy) is 2. The number of carbonyl (C=O) groups is 1. The van der Waals surface area contributed by atoms with Crippen LogP contribution in [0.4, 0.5) is 0 Å². The molecule has 0 saturated heterocycles. The molecule has 2 aromatic rings. The first-order valence-electron chi connectivity index (χ1n) is 7.01. The normalized spacial score (nSPS) is 10.8. The quantitative estimate of drug-likeness (QED) is 0.286. The van der Waals surface area contributed by atoms with Gasteiger partial charge in [-0.05, 0) is 72.1 Å². The predicted octanol–water partition coefficient (Wildman–Crippen LogP) is 3.92. The smallest absolute Gasteiger partial charge is 0.277 e. The standard InChI is InChI=1S/C16H13Br3N2O5/c1-25-9-2-3-12(10(17)5-9)26-7-13(23)21-20-6-8-4-11(22)16(24)15(19)14(8)18/h2-6,22,24H,7H2,1H3,(H,21,23). The average Bonchev–Trinajstić information content (AvgIpc) is 2.63. The molecule has 3 N–H and O–H groups in total. The molecule has 0 saturated carbocycles. The maximum absolute atomic E-state index is 11.8. The summed E-state index contributed by atoms with van der Waals surface area (Å²) >= 11 is 9.71. The van der Waals surface area contributed by atoms with E-state index in [-0.39, 0.29) is 22.6 Å². The van der Waals surface area contributed by atoms with Gasteiger partial charge in [0.25, 0.3) is 5.91 Å². The number of amides is 1. The van der Waals surface area contributed by atoms with E-state index in [0.29, 0.717) is 26.0 Å². The van der Waals surface area contributed by atoms with Crippen LogP contribution < -0.4 is 14.9 Å². The Kier molecular flexibility index (Phi) is 7.30. The van der Waals surface area contributed by atoms with Crippen LogP contribution in [0.2, 0.25) is 0 Å². The van der Waals surface area contributed by atoms with Crippen molar-refractivity contribution in [1.82, 2.24) is 5.43 Å². The number of benzene rings is 2. The molecule has 0 spiro atoms. The highest BCUT2D eigenvalue weighted by Crippen LogP contribution is 2.40. The van der Waals surface area contributed by atoms with Crippen LogP contribution in [-0.4, -0.2) is 36.1 Å². The number of nitrogens with zero attached hydrogens (tertiary/aromatic N) is 1. The fraction of sp³-hybridized carbons (Fsp3) is 0.125. The topological polar surface area (TPSA) is 100 Å². The van der Waals surface area contributed by atoms with E-state index >= 15 is 0 Å². The highest BCUT2D eigenvalue weighted by Gasteiger charge is 2.12. The molecular formula is C16H13Br3N2O5. The van der Waals surface area contributed by atoms with E-state index in [1.807, 2.05) is 0 Å². The van der Waals surface area contributed by atoms with Gasteiger partial charge in [0.1, 0.15) is 11.5 Å². The maximum Gasteiger partial charge on any atom is 0.277 e. The Labute approximate surface area is 174 Å². The molecule has 0 unspecified atom stereocenters. The SMILES string of the molecule is COc1ccc(OCC(=O)NN=Cc2cc(O)c(O)c(Br)c2Br)c(Br)c1. The van der Waals surface area contributed by atoms with Crippen LogP contribution in [0.1, 0.15) is 5.56 Å². The molecule has 7 nitrogen and oxygen atoms in total. The van der Waals surface area contributed by atoms with Crippen molar-refractivity contribution < 1.29 is 24.5 Å². The first kappa shape index (κ1) is 20.5. The Bertz CT molecular complexity index is 858. The van der Waals surface area contributed by atoms with Crippen LogP contribution in [0.5, 0.6) is 23.0 Å². The molecule has 2 rings (SSSR count). The van der Waals surface area contributed by atoms with Gasteiger partial charge in [-0.15, -0.1) is 0 Å². The largest absolute Gasteiger partial charge is 0.504 e. The second kappa shape index (κ2) is 9.24. The Balaban J connectivity index is 1.94. The highest BCUT2D eigenvalue weighted by atomic mass is 79.9. The lowest BCUT2D eigenvalue weighted by Crippen LogP contribution is -2.24. The first-order valence-corrected chi connectivity index (χ1v) is 9.39. The fourth-order valence-corrected chi connectivity index (χ4v) is 3.10. The molecule has 2 aromatic carbocycles. The van der Waals surface area contributed by atoms with Gasteiger partial charge in [-0.2, -0.15) is 5.10 Å². The van der Waals surface area contributed by atoms with Crippen LogP contribution in [0, 0.1) is 0 Å². The lowest BCUT2D eigenvalue weighted by Gasteiger charge is -2.09. The maximum atomic E-state index is 11.8. The molecular weight excluding hydrogens is 540 g/mol. The van der Waals surface area contributed by atoms with Crippen molar-refractivity contribution in [1.29, 1.82) is 0 Å². The van der Waals surface area contributed by atoms with Crippen LogP contribution in [0.25, 0.3) is 0 Å². The van der Waals surface area contributed by atoms with Crippen molar-refractivity contribution in [2.45, 2.75) is 0 Å². The summed E-state index contributed by atoms with van der Waals surface area (Å²) in [4.78, 5) is 11.8. The van der Waals surface area contributed by atoms with Crippen LogP contribution >= 0.6 is 47.8 Å². The number of aromatic hydroxyl groups is 2. The van der Waals surface area contributed by atoms with Gasteiger partial charge in [0.05, 0.1) is 22.3 Å². The van der Waals surface area contributed by atoms with Crippen molar-refractivity contribution in [3.63, 3.8) is 0 Å². The third kappa shape index (κ3) is 5.12. The molecule has 0 atom stereocenters. The Hall–Kier alpha value is -1.78. The lowest BCUT2D eigenvalue weighted by molar-refractivity contribution is -0.123. The Morgan fingerprint density at radius 2 is 1.96 bits per heavy atom. The summed E-state index contributed by atoms with van der Waals surface area (Å²) in [5, 5.41) is 23.0. The number of phenolic OH excluding ortho intramolecular Hbond substituents is 2. The van der Waals surface area contributed by atoms with Gasteiger partial charge in [0.2, 0.25) is 0 Å². The van der Waals surface area contributed by atoms with E-state index in [1.54, 1.807) is 25.3 Å². The summed E-state index contributed by atoms with van der Waals surface area (Å²) in [6, 6.07) is 6.40. The van der Waals surface area contributed by atoms with Crippen LogP contribution in [0.15, 0.2) is 42.8 Å². The molecule has 0 radical (unpaired) electrons. The van der Waals surface area contributed by atoms with Gasteiger partial charge in [-0.1, -0.05) is 0 Å². The zero-order chi connectivity index (χ0) is 19.3. The third-order valence-electron chi connectivity index (χ3n) is 3.08. The molecule has 138 valence electrons. The summed E-state index contributed by atoms with van der Waals surface area (Å²) in [5.41, 5.74) is 2.76. The molecule has 0 fully saturated rings. The number of halogens is 3. The van der Waals surface area contributed by atoms with Gasteiger partial charge < -0.3 is 19.7 Å². The minimum Gasteiger partial charge on any atom is -0.504 e. The number of nitrogens with one attached hydrogen (secondary N) is 1. The monoisotopic (exact) mass is 550 g/mol. The predicted molar refractivity (Wildman–Crippen MR) is 107 cm³/mol. The summed E-state index contributed by atoms with van der Waals surface area (Å²) in [7, 11) is 1.55. The fourth-order valence-electron chi connectivity index (χ4n) is 1.79. The molecule has 10 heteroatoms. The number of hydrazone groups is 1. The second-order valence-corrected chi connectivity index (χ2v) is 7.28. The Morgan fingerprint density at radius 3 is 2.62 bits per heavy atom. The minimum absolute atomic E-state index is 0.242. The summed E-state index contributed by atoms with van der Waals surface area (Å²) in [6.07, 6.45) is 1.31. The van der Waals surface area contributed by atoms with Gasteiger partial charge >= 0.3 is 0 Å². The number of hydrogen-bond acceptors (Lipinski definition) is 6. The average molecular weight is 553 g/mol. The molecule has 0 bridgehead atoms. The van der Waals surface area contributed by atoms with E-state index in [4.69, 9.17) is 9.47 Å². The highest BCUT2D eigenvalue weighted by molar-refractivity contribution is 9.13. The summed E-state index contributed by atoms with van der Waals surface area (Å²) < 4.78 is 11.9. The number of methoxy groups -OCH3 is 1. The van der Waals surface area contributed by atoms with E-state index in [0.717, 1.165) is 0 Å². The van der Waals surface area contributed by atoms with Crippen molar-refractivity contribution >= 4 is 59.9 Å². The van der Waals surface area contributed by atoms with Gasteiger partial charge in [0, 0.05) is 10.0 Å². The third-order valence-corrected chi connectivity index (χ3v) is 5.86. The number of phenols is 2. The van der Waals surface area contributed by atoms with Crippen LogP contribution in [-0.2, 0) is 4.79 Å². The van der Waals surface area contributed by atoms with Crippen molar-refractivity contribution in [2.75, 3.05) is 13.7 Å². The molecule has 0 aliphatic heterocycles. The van der Waals surface area contributed by atoms with Crippen molar-refractivity contribution in [2.24, 2.45) is 5.10 Å². The number of carbonyl (C=O) groups excluding carboxylic acids is 1. The molecule has 0 heterocycles. The zero-order valence-electron chi connectivity index (χ0n) is 13.3. The Morgan fingerprint density at radius 1 is 1.23 bits per heavy atom.